The van der Waals surface area contributed by atoms with Crippen molar-refractivity contribution in [3.63, 3.8) is 0 Å². The maximum Gasteiger partial charge on any atom is 0.414 e. The molecule has 16 heavy (non-hydrogen) atoms. The van der Waals surface area contributed by atoms with Crippen molar-refractivity contribution in [1.29, 1.82) is 0 Å². The molecule has 0 heterocycles. The lowest BCUT2D eigenvalue weighted by Crippen LogP contribution is -2.09. The van der Waals surface area contributed by atoms with E-state index in [9.17, 15) is 9.59 Å². The zero-order valence-corrected chi connectivity index (χ0v) is 9.10. The minimum atomic E-state index is -1.82. The monoisotopic (exact) mass is 236 g/mol. The van der Waals surface area contributed by atoms with Gasteiger partial charge in [-0.25, -0.2) is 9.59 Å². The third kappa shape index (κ3) is 39.8. The molecule has 0 aromatic heterocycles. The molecule has 0 aliphatic heterocycles. The van der Waals surface area contributed by atoms with Crippen LogP contribution in [-0.2, 0) is 19.2 Å². The maximum atomic E-state index is 9.69. The first-order valence-corrected chi connectivity index (χ1v) is 4.04. The van der Waals surface area contributed by atoms with Crippen LogP contribution < -0.4 is 11.5 Å². The lowest BCUT2D eigenvalue weighted by molar-refractivity contribution is -0.159. The van der Waals surface area contributed by atoms with Gasteiger partial charge in [0, 0.05) is 0 Å². The quantitative estimate of drug-likeness (QED) is 0.409. The van der Waals surface area contributed by atoms with Crippen LogP contribution >= 0.6 is 0 Å². The van der Waals surface area contributed by atoms with Crippen LogP contribution in [0.25, 0.3) is 0 Å². The van der Waals surface area contributed by atoms with Gasteiger partial charge in [0.2, 0.25) is 0 Å². The van der Waals surface area contributed by atoms with Crippen molar-refractivity contribution in [2.24, 2.45) is 11.5 Å². The normalized spacial score (nSPS) is 7.50. The smallest absolute Gasteiger partial charge is 0.414 e. The fourth-order valence-electron chi connectivity index (χ4n) is 0. The molecule has 8 heteroatoms. The van der Waals surface area contributed by atoms with Crippen LogP contribution in [0.5, 0.6) is 0 Å². The van der Waals surface area contributed by atoms with Crippen LogP contribution in [0.4, 0.5) is 0 Å². The molecular formula is C8H16N2O6. The highest BCUT2D eigenvalue weighted by Gasteiger charge is 2.04. The van der Waals surface area contributed by atoms with E-state index in [4.69, 9.17) is 31.3 Å². The number of Topliss-reactive ketones (excluding diaryl/α,β-unsaturated/α-hetero) is 2. The second-order valence-corrected chi connectivity index (χ2v) is 2.42. The van der Waals surface area contributed by atoms with Crippen molar-refractivity contribution in [3.05, 3.63) is 0 Å². The molecule has 0 aromatic rings. The van der Waals surface area contributed by atoms with E-state index in [1.54, 1.807) is 0 Å². The number of carboxylic acids is 2. The van der Waals surface area contributed by atoms with E-state index in [1.165, 1.54) is 13.8 Å². The molecule has 0 fully saturated rings. The number of carboxylic acid groups (broad SMARTS) is 2. The largest absolute Gasteiger partial charge is 0.473 e. The van der Waals surface area contributed by atoms with E-state index in [-0.39, 0.29) is 24.7 Å². The molecule has 0 saturated carbocycles. The number of carbonyl (C=O) groups is 4. The summed E-state index contributed by atoms with van der Waals surface area (Å²) in [7, 11) is 0. The molecule has 0 unspecified atom stereocenters. The highest BCUT2D eigenvalue weighted by atomic mass is 16.4. The Labute approximate surface area is 92.2 Å². The van der Waals surface area contributed by atoms with E-state index >= 15 is 0 Å². The van der Waals surface area contributed by atoms with E-state index in [1.807, 2.05) is 0 Å². The number of ketones is 2. The Bertz CT molecular complexity index is 225. The SMILES string of the molecule is CC(=O)CN.CC(=O)CN.O=C(O)C(=O)O. The zero-order chi connectivity index (χ0) is 13.7. The summed E-state index contributed by atoms with van der Waals surface area (Å²) in [6.07, 6.45) is 0. The molecule has 0 atom stereocenters. The molecule has 0 saturated heterocycles. The summed E-state index contributed by atoms with van der Waals surface area (Å²) in [5.41, 5.74) is 9.64. The van der Waals surface area contributed by atoms with Crippen LogP contribution in [0.1, 0.15) is 13.8 Å². The van der Waals surface area contributed by atoms with Crippen LogP contribution in [0, 0.1) is 0 Å². The second kappa shape index (κ2) is 13.2. The van der Waals surface area contributed by atoms with E-state index in [0.717, 1.165) is 0 Å². The van der Waals surface area contributed by atoms with Crippen molar-refractivity contribution < 1.29 is 29.4 Å². The molecule has 0 aliphatic carbocycles. The average Bonchev–Trinajstić information content (AvgIpc) is 2.19. The maximum absolute atomic E-state index is 9.69. The van der Waals surface area contributed by atoms with Gasteiger partial charge in [0.05, 0.1) is 13.1 Å². The number of hydrogen-bond donors (Lipinski definition) is 4. The van der Waals surface area contributed by atoms with Crippen LogP contribution in [0.3, 0.4) is 0 Å². The second-order valence-electron chi connectivity index (χ2n) is 2.42. The van der Waals surface area contributed by atoms with Crippen LogP contribution in [0.15, 0.2) is 0 Å². The Morgan fingerprint density at radius 1 is 0.812 bits per heavy atom. The molecule has 6 N–H and O–H groups in total. The first-order valence-electron chi connectivity index (χ1n) is 4.04. The first-order chi connectivity index (χ1) is 7.18. The Morgan fingerprint density at radius 3 is 0.938 bits per heavy atom. The number of nitrogens with two attached hydrogens (primary N) is 2. The van der Waals surface area contributed by atoms with Gasteiger partial charge in [-0.3, -0.25) is 9.59 Å². The Balaban J connectivity index is -0.000000160. The number of hydrogen-bond acceptors (Lipinski definition) is 6. The van der Waals surface area contributed by atoms with E-state index in [2.05, 4.69) is 0 Å². The molecular weight excluding hydrogens is 220 g/mol. The van der Waals surface area contributed by atoms with E-state index < -0.39 is 11.9 Å². The lowest BCUT2D eigenvalue weighted by Gasteiger charge is -1.73. The molecule has 0 radical (unpaired) electrons. The molecule has 0 aliphatic rings. The van der Waals surface area contributed by atoms with Gasteiger partial charge >= 0.3 is 11.9 Å². The Hall–Kier alpha value is -1.80. The summed E-state index contributed by atoms with van der Waals surface area (Å²) in [5.74, 6) is -3.58. The van der Waals surface area contributed by atoms with Gasteiger partial charge in [-0.2, -0.15) is 0 Å². The van der Waals surface area contributed by atoms with Crippen molar-refractivity contribution >= 4 is 23.5 Å². The topological polar surface area (TPSA) is 161 Å². The van der Waals surface area contributed by atoms with Gasteiger partial charge < -0.3 is 21.7 Å². The molecule has 8 nitrogen and oxygen atoms in total. The fourth-order valence-corrected chi connectivity index (χ4v) is 0. The van der Waals surface area contributed by atoms with Crippen LogP contribution in [-0.4, -0.2) is 46.8 Å². The summed E-state index contributed by atoms with van der Waals surface area (Å²) in [6.45, 7) is 3.25. The van der Waals surface area contributed by atoms with Crippen molar-refractivity contribution in [2.45, 2.75) is 13.8 Å². The number of rotatable bonds is 2. The fraction of sp³-hybridized carbons (Fsp3) is 0.500. The molecule has 94 valence electrons. The zero-order valence-electron chi connectivity index (χ0n) is 9.10. The molecule has 0 amide bonds. The Morgan fingerprint density at radius 2 is 0.938 bits per heavy atom. The standard InChI is InChI=1S/2C3H7NO.C2H2O4/c2*1-3(5)2-4;3-1(4)2(5)6/h2*2,4H2,1H3;(H,3,4)(H,5,6). The van der Waals surface area contributed by atoms with Gasteiger partial charge in [-0.05, 0) is 13.8 Å². The van der Waals surface area contributed by atoms with Crippen molar-refractivity contribution in [1.82, 2.24) is 0 Å². The Kier molecular flexibility index (Phi) is 16.3. The van der Waals surface area contributed by atoms with Gasteiger partial charge in [0.25, 0.3) is 0 Å². The third-order valence-corrected chi connectivity index (χ3v) is 0.758. The van der Waals surface area contributed by atoms with Gasteiger partial charge in [0.15, 0.2) is 0 Å². The summed E-state index contributed by atoms with van der Waals surface area (Å²) in [5, 5.41) is 14.8. The third-order valence-electron chi connectivity index (χ3n) is 0.758. The van der Waals surface area contributed by atoms with Gasteiger partial charge in [-0.1, -0.05) is 0 Å². The minimum absolute atomic E-state index is 0.0324. The van der Waals surface area contributed by atoms with Crippen molar-refractivity contribution in [3.8, 4) is 0 Å². The molecule has 0 rings (SSSR count). The predicted molar refractivity (Wildman–Crippen MR) is 54.7 cm³/mol. The summed E-state index contributed by atoms with van der Waals surface area (Å²) < 4.78 is 0. The van der Waals surface area contributed by atoms with E-state index in [0.29, 0.717) is 0 Å². The van der Waals surface area contributed by atoms with Crippen molar-refractivity contribution in [2.75, 3.05) is 13.1 Å². The van der Waals surface area contributed by atoms with Gasteiger partial charge in [-0.15, -0.1) is 0 Å². The summed E-state index contributed by atoms with van der Waals surface area (Å²) in [6, 6.07) is 0. The summed E-state index contributed by atoms with van der Waals surface area (Å²) >= 11 is 0. The van der Waals surface area contributed by atoms with Crippen LogP contribution in [0.2, 0.25) is 0 Å². The average molecular weight is 236 g/mol. The first kappa shape index (κ1) is 19.7. The summed E-state index contributed by atoms with van der Waals surface area (Å²) in [4.78, 5) is 37.6. The number of carbonyl (C=O) groups excluding carboxylic acids is 2. The molecule has 0 aromatic carbocycles. The highest BCUT2D eigenvalue weighted by Crippen LogP contribution is 1.56. The minimum Gasteiger partial charge on any atom is -0.473 e. The highest BCUT2D eigenvalue weighted by molar-refractivity contribution is 6.27. The molecule has 0 spiro atoms. The predicted octanol–water partition coefficient (Wildman–Crippen LogP) is -1.78. The number of aliphatic carboxylic acids is 2. The molecule has 0 bridgehead atoms. The van der Waals surface area contributed by atoms with Gasteiger partial charge in [0.1, 0.15) is 11.6 Å². The lowest BCUT2D eigenvalue weighted by atomic mass is 10.5.